The lowest BCUT2D eigenvalue weighted by Crippen LogP contribution is -2.34. The van der Waals surface area contributed by atoms with E-state index in [0.717, 1.165) is 16.3 Å². The van der Waals surface area contributed by atoms with Crippen LogP contribution in [0.3, 0.4) is 0 Å². The molecule has 0 spiro atoms. The third kappa shape index (κ3) is 5.95. The Bertz CT molecular complexity index is 1480. The van der Waals surface area contributed by atoms with E-state index in [1.165, 1.54) is 6.21 Å². The van der Waals surface area contributed by atoms with E-state index in [4.69, 9.17) is 16.3 Å². The summed E-state index contributed by atoms with van der Waals surface area (Å²) < 4.78 is 5.63. The maximum Gasteiger partial charge on any atom is 0.345 e. The van der Waals surface area contributed by atoms with Crippen molar-refractivity contribution in [3.8, 4) is 5.75 Å². The van der Waals surface area contributed by atoms with E-state index in [1.807, 2.05) is 43.3 Å². The average Bonchev–Trinajstić information content (AvgIpc) is 2.88. The van der Waals surface area contributed by atoms with Crippen LogP contribution in [0.25, 0.3) is 10.8 Å². The summed E-state index contributed by atoms with van der Waals surface area (Å²) in [5.41, 5.74) is 4.52. The SMILES string of the molecule is Cc1cccc(C(=O)NCC(=O)N/N=C\c2c(OC(=O)c3ccccc3Cl)ccc3ccccc23)c1. The molecule has 0 saturated carbocycles. The molecule has 0 unspecified atom stereocenters. The van der Waals surface area contributed by atoms with Gasteiger partial charge in [-0.3, -0.25) is 9.59 Å². The standard InChI is InChI=1S/C28H22ClN3O4/c1-18-7-6-9-20(15-18)27(34)30-17-26(33)32-31-16-23-21-10-3-2-8-19(21)13-14-25(23)36-28(35)22-11-4-5-12-24(22)29/h2-16H,17H2,1H3,(H,30,34)(H,32,33)/b31-16-. The number of ether oxygens (including phenoxy) is 1. The summed E-state index contributed by atoms with van der Waals surface area (Å²) >= 11 is 6.13. The molecule has 180 valence electrons. The molecular formula is C28H22ClN3O4. The number of fused-ring (bicyclic) bond motifs is 1. The Hall–Kier alpha value is -4.49. The van der Waals surface area contributed by atoms with Crippen molar-refractivity contribution in [1.29, 1.82) is 0 Å². The first-order valence-corrected chi connectivity index (χ1v) is 11.5. The Morgan fingerprint density at radius 2 is 1.72 bits per heavy atom. The third-order valence-electron chi connectivity index (χ3n) is 5.30. The summed E-state index contributed by atoms with van der Waals surface area (Å²) in [6.07, 6.45) is 1.40. The first-order chi connectivity index (χ1) is 17.4. The van der Waals surface area contributed by atoms with Crippen molar-refractivity contribution in [1.82, 2.24) is 10.7 Å². The van der Waals surface area contributed by atoms with Gasteiger partial charge in [-0.15, -0.1) is 0 Å². The molecule has 4 aromatic rings. The van der Waals surface area contributed by atoms with E-state index in [-0.39, 0.29) is 28.8 Å². The van der Waals surface area contributed by atoms with Gasteiger partial charge in [0.1, 0.15) is 5.75 Å². The summed E-state index contributed by atoms with van der Waals surface area (Å²) in [6.45, 7) is 1.62. The molecule has 0 heterocycles. The lowest BCUT2D eigenvalue weighted by atomic mass is 10.0. The molecule has 0 aliphatic heterocycles. The van der Waals surface area contributed by atoms with E-state index in [9.17, 15) is 14.4 Å². The second-order valence-corrected chi connectivity index (χ2v) is 8.32. The van der Waals surface area contributed by atoms with Gasteiger partial charge in [0.2, 0.25) is 0 Å². The Morgan fingerprint density at radius 3 is 2.53 bits per heavy atom. The Labute approximate surface area is 212 Å². The number of esters is 1. The lowest BCUT2D eigenvalue weighted by Gasteiger charge is -2.11. The summed E-state index contributed by atoms with van der Waals surface area (Å²) in [5, 5.41) is 8.52. The van der Waals surface area contributed by atoms with Crippen molar-refractivity contribution in [2.24, 2.45) is 5.10 Å². The first-order valence-electron chi connectivity index (χ1n) is 11.1. The van der Waals surface area contributed by atoms with Crippen LogP contribution in [-0.2, 0) is 4.79 Å². The second-order valence-electron chi connectivity index (χ2n) is 7.91. The molecule has 2 N–H and O–H groups in total. The summed E-state index contributed by atoms with van der Waals surface area (Å²) in [6, 6.07) is 24.6. The van der Waals surface area contributed by atoms with Crippen molar-refractivity contribution in [3.63, 3.8) is 0 Å². The third-order valence-corrected chi connectivity index (χ3v) is 5.63. The van der Waals surface area contributed by atoms with Crippen LogP contribution < -0.4 is 15.5 Å². The predicted molar refractivity (Wildman–Crippen MR) is 140 cm³/mol. The number of benzene rings is 4. The number of nitrogens with zero attached hydrogens (tertiary/aromatic N) is 1. The first kappa shape index (κ1) is 24.6. The lowest BCUT2D eigenvalue weighted by molar-refractivity contribution is -0.120. The largest absolute Gasteiger partial charge is 0.422 e. The maximum absolute atomic E-state index is 12.7. The minimum absolute atomic E-state index is 0.230. The molecule has 8 heteroatoms. The van der Waals surface area contributed by atoms with Crippen LogP contribution in [0, 0.1) is 6.92 Å². The Kier molecular flexibility index (Phi) is 7.72. The molecule has 4 aromatic carbocycles. The number of carbonyl (C=O) groups excluding carboxylic acids is 3. The smallest absolute Gasteiger partial charge is 0.345 e. The fourth-order valence-corrected chi connectivity index (χ4v) is 3.75. The number of amides is 2. The molecule has 0 aromatic heterocycles. The zero-order valence-electron chi connectivity index (χ0n) is 19.3. The molecule has 4 rings (SSSR count). The van der Waals surface area contributed by atoms with Gasteiger partial charge in [-0.1, -0.05) is 71.8 Å². The van der Waals surface area contributed by atoms with Crippen LogP contribution in [0.1, 0.15) is 31.8 Å². The number of hydrogen-bond donors (Lipinski definition) is 2. The molecule has 0 bridgehead atoms. The Morgan fingerprint density at radius 1 is 0.944 bits per heavy atom. The van der Waals surface area contributed by atoms with Gasteiger partial charge >= 0.3 is 5.97 Å². The van der Waals surface area contributed by atoms with Gasteiger partial charge in [-0.2, -0.15) is 5.10 Å². The quantitative estimate of drug-likeness (QED) is 0.163. The van der Waals surface area contributed by atoms with Gasteiger partial charge in [-0.25, -0.2) is 10.2 Å². The van der Waals surface area contributed by atoms with Gasteiger partial charge in [0.25, 0.3) is 11.8 Å². The summed E-state index contributed by atoms with van der Waals surface area (Å²) in [4.78, 5) is 37.2. The summed E-state index contributed by atoms with van der Waals surface area (Å²) in [7, 11) is 0. The van der Waals surface area contributed by atoms with Crippen LogP contribution >= 0.6 is 11.6 Å². The van der Waals surface area contributed by atoms with Crippen molar-refractivity contribution in [3.05, 3.63) is 112 Å². The van der Waals surface area contributed by atoms with Crippen LogP contribution in [0.4, 0.5) is 0 Å². The molecular weight excluding hydrogens is 478 g/mol. The van der Waals surface area contributed by atoms with Crippen LogP contribution in [0.2, 0.25) is 5.02 Å². The van der Waals surface area contributed by atoms with Gasteiger partial charge in [0.05, 0.1) is 23.3 Å². The molecule has 7 nitrogen and oxygen atoms in total. The maximum atomic E-state index is 12.7. The number of hydrogen-bond acceptors (Lipinski definition) is 5. The van der Waals surface area contributed by atoms with E-state index in [1.54, 1.807) is 48.5 Å². The van der Waals surface area contributed by atoms with Gasteiger partial charge in [0.15, 0.2) is 0 Å². The van der Waals surface area contributed by atoms with Crippen LogP contribution in [-0.4, -0.2) is 30.5 Å². The van der Waals surface area contributed by atoms with E-state index >= 15 is 0 Å². The number of halogens is 1. The highest BCUT2D eigenvalue weighted by Gasteiger charge is 2.16. The number of carbonyl (C=O) groups is 3. The van der Waals surface area contributed by atoms with Crippen LogP contribution in [0.15, 0.2) is 90.0 Å². The molecule has 0 atom stereocenters. The molecule has 0 radical (unpaired) electrons. The van der Waals surface area contributed by atoms with Gasteiger partial charge in [-0.05, 0) is 48.0 Å². The zero-order valence-corrected chi connectivity index (χ0v) is 20.1. The fraction of sp³-hybridized carbons (Fsp3) is 0.0714. The monoisotopic (exact) mass is 499 g/mol. The molecule has 0 aliphatic rings. The average molecular weight is 500 g/mol. The summed E-state index contributed by atoms with van der Waals surface area (Å²) in [5.74, 6) is -1.24. The minimum Gasteiger partial charge on any atom is -0.422 e. The molecule has 0 fully saturated rings. The van der Waals surface area contributed by atoms with Crippen LogP contribution in [0.5, 0.6) is 5.75 Å². The zero-order chi connectivity index (χ0) is 25.5. The Balaban J connectivity index is 1.48. The number of rotatable bonds is 7. The topological polar surface area (TPSA) is 96.9 Å². The van der Waals surface area contributed by atoms with E-state index < -0.39 is 11.9 Å². The van der Waals surface area contributed by atoms with Crippen molar-refractivity contribution < 1.29 is 19.1 Å². The highest BCUT2D eigenvalue weighted by Crippen LogP contribution is 2.28. The number of aryl methyl sites for hydroxylation is 1. The molecule has 36 heavy (non-hydrogen) atoms. The van der Waals surface area contributed by atoms with Crippen molar-refractivity contribution in [2.45, 2.75) is 6.92 Å². The highest BCUT2D eigenvalue weighted by molar-refractivity contribution is 6.33. The normalized spacial score (nSPS) is 10.8. The van der Waals surface area contributed by atoms with Gasteiger partial charge < -0.3 is 10.1 Å². The van der Waals surface area contributed by atoms with Crippen molar-refractivity contribution >= 4 is 46.4 Å². The fourth-order valence-electron chi connectivity index (χ4n) is 3.54. The molecule has 0 aliphatic carbocycles. The van der Waals surface area contributed by atoms with E-state index in [0.29, 0.717) is 11.1 Å². The molecule has 0 saturated heterocycles. The number of hydrazone groups is 1. The van der Waals surface area contributed by atoms with Crippen molar-refractivity contribution in [2.75, 3.05) is 6.54 Å². The van der Waals surface area contributed by atoms with E-state index in [2.05, 4.69) is 15.8 Å². The molecule has 2 amide bonds. The minimum atomic E-state index is -0.617. The highest BCUT2D eigenvalue weighted by atomic mass is 35.5. The number of nitrogens with one attached hydrogen (secondary N) is 2. The second kappa shape index (κ2) is 11.3. The predicted octanol–water partition coefficient (Wildman–Crippen LogP) is 4.90. The van der Waals surface area contributed by atoms with Gasteiger partial charge in [0, 0.05) is 11.1 Å².